The van der Waals surface area contributed by atoms with Crippen molar-refractivity contribution in [1.82, 2.24) is 0 Å². The van der Waals surface area contributed by atoms with Crippen LogP contribution in [0.2, 0.25) is 0 Å². The Morgan fingerprint density at radius 1 is 0.593 bits per heavy atom. The van der Waals surface area contributed by atoms with Crippen molar-refractivity contribution < 1.29 is 0 Å². The molecule has 1 N–H and O–H groups in total. The van der Waals surface area contributed by atoms with Crippen LogP contribution >= 0.6 is 0 Å². The third kappa shape index (κ3) is 4.97. The predicted molar refractivity (Wildman–Crippen MR) is 117 cm³/mol. The van der Waals surface area contributed by atoms with Gasteiger partial charge in [-0.25, -0.2) is 0 Å². The molecule has 0 amide bonds. The lowest BCUT2D eigenvalue weighted by Crippen LogP contribution is -2.03. The van der Waals surface area contributed by atoms with Gasteiger partial charge in [0.05, 0.1) is 11.4 Å². The lowest BCUT2D eigenvalue weighted by Gasteiger charge is -2.19. The first-order valence-corrected chi connectivity index (χ1v) is 10.2. The fourth-order valence-electron chi connectivity index (χ4n) is 3.43. The summed E-state index contributed by atoms with van der Waals surface area (Å²) < 4.78 is 0. The summed E-state index contributed by atoms with van der Waals surface area (Å²) in [5, 5.41) is 9.12. The molecule has 0 bridgehead atoms. The van der Waals surface area contributed by atoms with Crippen molar-refractivity contribution in [2.24, 2.45) is 10.3 Å². The number of hydrogen-bond donors (Lipinski definition) is 1. The second-order valence-electron chi connectivity index (χ2n) is 8.53. The Hall–Kier alpha value is -2.16. The summed E-state index contributed by atoms with van der Waals surface area (Å²) in [7, 11) is 0. The third-order valence-corrected chi connectivity index (χ3v) is 5.03. The second-order valence-corrected chi connectivity index (χ2v) is 8.53. The van der Waals surface area contributed by atoms with Crippen LogP contribution in [0, 0.1) is 0 Å². The highest BCUT2D eigenvalue weighted by molar-refractivity contribution is 5.60. The fraction of sp³-hybridized carbons (Fsp3) is 0.500. The minimum atomic E-state index is 0.409. The van der Waals surface area contributed by atoms with E-state index in [1.54, 1.807) is 0 Å². The van der Waals surface area contributed by atoms with Crippen LogP contribution in [0.3, 0.4) is 0 Å². The molecule has 2 rings (SSSR count). The molecule has 0 fully saturated rings. The van der Waals surface area contributed by atoms with Crippen molar-refractivity contribution in [3.05, 3.63) is 58.7 Å². The Kier molecular flexibility index (Phi) is 7.18. The summed E-state index contributed by atoms with van der Waals surface area (Å²) in [6.07, 6.45) is 0. The van der Waals surface area contributed by atoms with Gasteiger partial charge in [0.2, 0.25) is 0 Å². The number of nitrogens with one attached hydrogen (secondary N) is 1. The van der Waals surface area contributed by atoms with Crippen molar-refractivity contribution >= 4 is 11.4 Å². The number of nitrogens with zero attached hydrogens (tertiary/aromatic N) is 2. The van der Waals surface area contributed by atoms with Gasteiger partial charge in [-0.15, -0.1) is 5.11 Å². The Morgan fingerprint density at radius 3 is 1.33 bits per heavy atom. The van der Waals surface area contributed by atoms with E-state index in [-0.39, 0.29) is 0 Å². The van der Waals surface area contributed by atoms with Crippen LogP contribution in [0.1, 0.15) is 101 Å². The largest absolute Gasteiger partial charge is 0.259 e. The molecule has 0 heterocycles. The fourth-order valence-corrected chi connectivity index (χ4v) is 3.43. The van der Waals surface area contributed by atoms with E-state index in [0.29, 0.717) is 23.7 Å². The summed E-state index contributed by atoms with van der Waals surface area (Å²) in [4.78, 5) is 0. The van der Waals surface area contributed by atoms with Crippen LogP contribution in [-0.4, -0.2) is 0 Å². The quantitative estimate of drug-likeness (QED) is 0.389. The summed E-state index contributed by atoms with van der Waals surface area (Å²) in [6, 6.07) is 12.9. The molecule has 0 aliphatic heterocycles. The molecule has 0 spiro atoms. The molecule has 3 nitrogen and oxygen atoms in total. The molecule has 2 aromatic rings. The molecule has 0 aromatic heterocycles. The molecule has 3 heteroatoms. The average Bonchev–Trinajstić information content (AvgIpc) is 2.61. The van der Waals surface area contributed by atoms with E-state index in [9.17, 15) is 0 Å². The molecule has 146 valence electrons. The second kappa shape index (κ2) is 9.16. The maximum atomic E-state index is 4.66. The summed E-state index contributed by atoms with van der Waals surface area (Å²) >= 11 is 0. The molecule has 0 saturated heterocycles. The first-order chi connectivity index (χ1) is 12.7. The number of hydrogen-bond acceptors (Lipinski definition) is 2. The minimum absolute atomic E-state index is 0.409. The molecule has 0 unspecified atom stereocenters. The molecular formula is C24H35N3. The Bertz CT molecular complexity index is 734. The van der Waals surface area contributed by atoms with Gasteiger partial charge in [0.1, 0.15) is 0 Å². The average molecular weight is 366 g/mol. The zero-order chi connectivity index (χ0) is 20.1. The van der Waals surface area contributed by atoms with E-state index in [1.165, 1.54) is 22.3 Å². The van der Waals surface area contributed by atoms with Gasteiger partial charge in [0.25, 0.3) is 0 Å². The van der Waals surface area contributed by atoms with Crippen molar-refractivity contribution in [3.63, 3.8) is 0 Å². The van der Waals surface area contributed by atoms with Crippen molar-refractivity contribution in [3.8, 4) is 0 Å². The van der Waals surface area contributed by atoms with E-state index in [1.807, 2.05) is 0 Å². The Balaban J connectivity index is 2.45. The molecule has 27 heavy (non-hydrogen) atoms. The van der Waals surface area contributed by atoms with Gasteiger partial charge in [0.15, 0.2) is 0 Å². The summed E-state index contributed by atoms with van der Waals surface area (Å²) in [6.45, 7) is 17.7. The molecule has 2 aromatic carbocycles. The van der Waals surface area contributed by atoms with E-state index in [4.69, 9.17) is 0 Å². The van der Waals surface area contributed by atoms with E-state index < -0.39 is 0 Å². The zero-order valence-electron chi connectivity index (χ0n) is 18.2. The lowest BCUT2D eigenvalue weighted by atomic mass is 9.93. The molecule has 0 aliphatic rings. The van der Waals surface area contributed by atoms with Crippen LogP contribution in [0.25, 0.3) is 0 Å². The minimum Gasteiger partial charge on any atom is -0.259 e. The van der Waals surface area contributed by atoms with Gasteiger partial charge in [-0.3, -0.25) is 5.43 Å². The highest BCUT2D eigenvalue weighted by Crippen LogP contribution is 2.36. The van der Waals surface area contributed by atoms with Gasteiger partial charge in [0, 0.05) is 0 Å². The van der Waals surface area contributed by atoms with Crippen LogP contribution in [0.15, 0.2) is 46.7 Å². The normalized spacial score (nSPS) is 12.1. The molecule has 0 aliphatic carbocycles. The maximum Gasteiger partial charge on any atom is 0.0943 e. The lowest BCUT2D eigenvalue weighted by molar-refractivity contribution is 0.823. The van der Waals surface area contributed by atoms with Gasteiger partial charge in [-0.1, -0.05) is 97.0 Å². The van der Waals surface area contributed by atoms with Gasteiger partial charge < -0.3 is 0 Å². The monoisotopic (exact) mass is 365 g/mol. The molecular weight excluding hydrogens is 330 g/mol. The van der Waals surface area contributed by atoms with Crippen LogP contribution in [0.5, 0.6) is 0 Å². The van der Waals surface area contributed by atoms with Crippen LogP contribution in [0.4, 0.5) is 11.4 Å². The van der Waals surface area contributed by atoms with E-state index in [0.717, 1.165) is 11.4 Å². The third-order valence-electron chi connectivity index (χ3n) is 5.03. The molecule has 0 radical (unpaired) electrons. The smallest absolute Gasteiger partial charge is 0.0943 e. The molecule has 0 saturated carbocycles. The predicted octanol–water partition coefficient (Wildman–Crippen LogP) is 8.29. The summed E-state index contributed by atoms with van der Waals surface area (Å²) in [5.41, 5.74) is 10.4. The number of anilines is 1. The summed E-state index contributed by atoms with van der Waals surface area (Å²) in [5.74, 6) is 1.67. The van der Waals surface area contributed by atoms with Crippen molar-refractivity contribution in [2.75, 3.05) is 5.43 Å². The number of benzene rings is 2. The van der Waals surface area contributed by atoms with E-state index >= 15 is 0 Å². The Morgan fingerprint density at radius 2 is 0.963 bits per heavy atom. The van der Waals surface area contributed by atoms with E-state index in [2.05, 4.69) is 108 Å². The SMILES string of the molecule is CC(C)c1cccc(C(C)C)c1/N=N\Nc1c(C(C)C)cccc1C(C)C. The molecule has 0 atom stereocenters. The zero-order valence-corrected chi connectivity index (χ0v) is 18.2. The van der Waals surface area contributed by atoms with Crippen molar-refractivity contribution in [2.45, 2.75) is 79.1 Å². The maximum absolute atomic E-state index is 4.66. The van der Waals surface area contributed by atoms with Crippen LogP contribution in [-0.2, 0) is 0 Å². The highest BCUT2D eigenvalue weighted by atomic mass is 15.4. The van der Waals surface area contributed by atoms with Crippen molar-refractivity contribution in [1.29, 1.82) is 0 Å². The topological polar surface area (TPSA) is 36.8 Å². The Labute approximate surface area is 165 Å². The van der Waals surface area contributed by atoms with Gasteiger partial charge >= 0.3 is 0 Å². The standard InChI is InChI=1S/C24H35N3/c1-15(2)19-11-9-12-20(16(3)4)23(19)25-27-26-24-21(17(5)6)13-10-14-22(24)18(7)8/h9-18H,1-8H3,(H,25,26). The number of rotatable bonds is 7. The highest BCUT2D eigenvalue weighted by Gasteiger charge is 2.15. The first kappa shape index (κ1) is 21.1. The van der Waals surface area contributed by atoms with Gasteiger partial charge in [-0.05, 0) is 45.9 Å². The van der Waals surface area contributed by atoms with Crippen LogP contribution < -0.4 is 5.43 Å². The van der Waals surface area contributed by atoms with Gasteiger partial charge in [-0.2, -0.15) is 0 Å². The number of para-hydroxylation sites is 1. The first-order valence-electron chi connectivity index (χ1n) is 10.2.